The fourth-order valence-corrected chi connectivity index (χ4v) is 4.84. The molecule has 2 aliphatic rings. The summed E-state index contributed by atoms with van der Waals surface area (Å²) in [6.45, 7) is 2.47. The smallest absolute Gasteiger partial charge is 0.255 e. The molecule has 6 rings (SSSR count). The number of halogens is 1. The predicted molar refractivity (Wildman–Crippen MR) is 140 cm³/mol. The quantitative estimate of drug-likeness (QED) is 0.373. The van der Waals surface area contributed by atoms with Gasteiger partial charge in [-0.1, -0.05) is 0 Å². The molecule has 4 aromatic rings. The van der Waals surface area contributed by atoms with E-state index in [4.69, 9.17) is 14.5 Å². The average Bonchev–Trinajstić information content (AvgIpc) is 3.57. The number of carbonyl (C=O) groups excluding carboxylic acids is 1. The van der Waals surface area contributed by atoms with Crippen LogP contribution in [0.5, 0.6) is 11.6 Å². The van der Waals surface area contributed by atoms with Gasteiger partial charge in [-0.15, -0.1) is 0 Å². The van der Waals surface area contributed by atoms with Gasteiger partial charge in [0.05, 0.1) is 36.6 Å². The highest BCUT2D eigenvalue weighted by atomic mass is 19.1. The van der Waals surface area contributed by atoms with Gasteiger partial charge in [-0.2, -0.15) is 5.10 Å². The lowest BCUT2D eigenvalue weighted by Crippen LogP contribution is -2.49. The zero-order chi connectivity index (χ0) is 26.1. The number of methoxy groups -OCH3 is 1. The van der Waals surface area contributed by atoms with Crippen LogP contribution >= 0.6 is 0 Å². The van der Waals surface area contributed by atoms with Crippen molar-refractivity contribution in [2.75, 3.05) is 51.5 Å². The number of rotatable bonds is 7. The fourth-order valence-electron chi connectivity index (χ4n) is 4.84. The lowest BCUT2D eigenvalue weighted by Gasteiger charge is -2.35. The zero-order valence-electron chi connectivity index (χ0n) is 20.9. The SMILES string of the molecule is COc1ccc(C(=O)N2CCN(c3ccc(-c4cc(OCCF)cn5nc6c(c45)C=NC6)cn3)CC2)cn1. The third-order valence-corrected chi connectivity index (χ3v) is 6.76. The maximum atomic E-state index is 12.9. The topological polar surface area (TPSA) is 97.5 Å². The number of carbonyl (C=O) groups is 1. The molecule has 0 unspecified atom stereocenters. The van der Waals surface area contributed by atoms with Crippen LogP contribution in [0.2, 0.25) is 0 Å². The van der Waals surface area contributed by atoms with Crippen molar-refractivity contribution >= 4 is 23.5 Å². The van der Waals surface area contributed by atoms with E-state index in [9.17, 15) is 9.18 Å². The Morgan fingerprint density at radius 2 is 1.95 bits per heavy atom. The molecule has 1 fully saturated rings. The van der Waals surface area contributed by atoms with Crippen LogP contribution in [-0.4, -0.2) is 83.2 Å². The molecule has 0 radical (unpaired) electrons. The van der Waals surface area contributed by atoms with E-state index in [0.29, 0.717) is 49.9 Å². The van der Waals surface area contributed by atoms with Gasteiger partial charge in [0, 0.05) is 67.5 Å². The Labute approximate surface area is 218 Å². The van der Waals surface area contributed by atoms with Crippen molar-refractivity contribution in [3.8, 4) is 22.8 Å². The van der Waals surface area contributed by atoms with E-state index in [1.807, 2.05) is 35.5 Å². The number of aliphatic imine (C=N–C) groups is 1. The average molecular weight is 516 g/mol. The summed E-state index contributed by atoms with van der Waals surface area (Å²) in [5.74, 6) is 1.82. The molecule has 0 spiro atoms. The van der Waals surface area contributed by atoms with Gasteiger partial charge in [-0.05, 0) is 24.3 Å². The third kappa shape index (κ3) is 4.40. The molecule has 6 heterocycles. The van der Waals surface area contributed by atoms with Crippen LogP contribution in [0.3, 0.4) is 0 Å². The van der Waals surface area contributed by atoms with Gasteiger partial charge >= 0.3 is 0 Å². The van der Waals surface area contributed by atoms with Crippen molar-refractivity contribution in [1.29, 1.82) is 0 Å². The first-order valence-electron chi connectivity index (χ1n) is 12.4. The maximum absolute atomic E-state index is 12.9. The standard InChI is InChI=1S/C27H26FN7O3/c1-37-25-5-3-19(14-31-25)27(36)34-9-7-33(8-10-34)24-4-2-18(13-30-24)21-12-20(38-11-6-28)17-35-26(21)22-15-29-16-23(22)32-35/h2-5,12-15,17H,6-11,16H2,1H3. The summed E-state index contributed by atoms with van der Waals surface area (Å²) < 4.78 is 25.2. The van der Waals surface area contributed by atoms with Crippen molar-refractivity contribution in [3.05, 3.63) is 65.7 Å². The molecule has 0 aromatic carbocycles. The summed E-state index contributed by atoms with van der Waals surface area (Å²) in [4.78, 5) is 30.1. The minimum absolute atomic E-state index is 0.0198. The molecule has 0 aliphatic carbocycles. The number of pyridine rings is 3. The van der Waals surface area contributed by atoms with Crippen LogP contribution in [-0.2, 0) is 6.54 Å². The van der Waals surface area contributed by atoms with Crippen LogP contribution in [0, 0.1) is 0 Å². The Hall–Kier alpha value is -4.54. The number of piperazine rings is 1. The molecular weight excluding hydrogens is 489 g/mol. The molecule has 1 saturated heterocycles. The molecule has 1 amide bonds. The summed E-state index contributed by atoms with van der Waals surface area (Å²) >= 11 is 0. The molecule has 11 heteroatoms. The highest BCUT2D eigenvalue weighted by Gasteiger charge is 2.24. The summed E-state index contributed by atoms with van der Waals surface area (Å²) in [6.07, 6.45) is 6.99. The van der Waals surface area contributed by atoms with Gasteiger partial charge in [0.25, 0.3) is 5.91 Å². The van der Waals surface area contributed by atoms with Gasteiger partial charge in [-0.3, -0.25) is 9.79 Å². The minimum Gasteiger partial charge on any atom is -0.489 e. The number of alkyl halides is 1. The van der Waals surface area contributed by atoms with Crippen molar-refractivity contribution in [3.63, 3.8) is 0 Å². The molecular formula is C27H26FN7O3. The van der Waals surface area contributed by atoms with E-state index in [2.05, 4.69) is 20.0 Å². The summed E-state index contributed by atoms with van der Waals surface area (Å²) in [7, 11) is 1.54. The number of aromatic nitrogens is 4. The number of ether oxygens (including phenoxy) is 2. The monoisotopic (exact) mass is 515 g/mol. The van der Waals surface area contributed by atoms with E-state index in [1.165, 1.54) is 0 Å². The predicted octanol–water partition coefficient (Wildman–Crippen LogP) is 3.04. The molecule has 194 valence electrons. The van der Waals surface area contributed by atoms with Gasteiger partial charge in [-0.25, -0.2) is 18.9 Å². The molecule has 38 heavy (non-hydrogen) atoms. The number of hydrogen-bond acceptors (Lipinski definition) is 8. The van der Waals surface area contributed by atoms with E-state index < -0.39 is 6.67 Å². The molecule has 4 aromatic heterocycles. The highest BCUT2D eigenvalue weighted by Crippen LogP contribution is 2.33. The number of nitrogens with zero attached hydrogens (tertiary/aromatic N) is 7. The van der Waals surface area contributed by atoms with Crippen LogP contribution in [0.25, 0.3) is 16.6 Å². The second-order valence-corrected chi connectivity index (χ2v) is 9.02. The van der Waals surface area contributed by atoms with Crippen LogP contribution < -0.4 is 14.4 Å². The summed E-state index contributed by atoms with van der Waals surface area (Å²) in [6, 6.07) is 9.32. The normalized spacial score (nSPS) is 14.7. The van der Waals surface area contributed by atoms with Crippen molar-refractivity contribution < 1.29 is 18.7 Å². The third-order valence-electron chi connectivity index (χ3n) is 6.76. The van der Waals surface area contributed by atoms with Gasteiger partial charge < -0.3 is 19.3 Å². The number of fused-ring (bicyclic) bond motifs is 3. The van der Waals surface area contributed by atoms with E-state index in [0.717, 1.165) is 33.7 Å². The van der Waals surface area contributed by atoms with Crippen molar-refractivity contribution in [2.45, 2.75) is 6.54 Å². The Morgan fingerprint density at radius 1 is 1.08 bits per heavy atom. The van der Waals surface area contributed by atoms with Crippen LogP contribution in [0.4, 0.5) is 10.2 Å². The van der Waals surface area contributed by atoms with Gasteiger partial charge in [0.2, 0.25) is 5.88 Å². The minimum atomic E-state index is -0.568. The van der Waals surface area contributed by atoms with Crippen molar-refractivity contribution in [2.24, 2.45) is 4.99 Å². The number of anilines is 1. The van der Waals surface area contributed by atoms with E-state index in [1.54, 1.807) is 36.2 Å². The molecule has 0 N–H and O–H groups in total. The van der Waals surface area contributed by atoms with Crippen LogP contribution in [0.1, 0.15) is 21.6 Å². The second-order valence-electron chi connectivity index (χ2n) is 9.02. The first kappa shape index (κ1) is 23.8. The fraction of sp³-hybridized carbons (Fsp3) is 0.296. The highest BCUT2D eigenvalue weighted by molar-refractivity contribution is 5.99. The van der Waals surface area contributed by atoms with Crippen LogP contribution in [0.15, 0.2) is 53.9 Å². The largest absolute Gasteiger partial charge is 0.489 e. The number of amides is 1. The first-order chi connectivity index (χ1) is 18.6. The summed E-state index contributed by atoms with van der Waals surface area (Å²) in [5.41, 5.74) is 5.13. The van der Waals surface area contributed by atoms with Crippen molar-refractivity contribution in [1.82, 2.24) is 24.5 Å². The lowest BCUT2D eigenvalue weighted by atomic mass is 10.0. The zero-order valence-corrected chi connectivity index (χ0v) is 20.9. The Kier molecular flexibility index (Phi) is 6.32. The molecule has 0 atom stereocenters. The Balaban J connectivity index is 1.19. The van der Waals surface area contributed by atoms with Gasteiger partial charge in [0.15, 0.2) is 0 Å². The lowest BCUT2D eigenvalue weighted by molar-refractivity contribution is 0.0746. The van der Waals surface area contributed by atoms with E-state index in [-0.39, 0.29) is 12.5 Å². The molecule has 2 aliphatic heterocycles. The summed E-state index contributed by atoms with van der Waals surface area (Å²) in [5, 5.41) is 4.64. The number of hydrogen-bond donors (Lipinski definition) is 0. The Morgan fingerprint density at radius 3 is 2.66 bits per heavy atom. The second kappa shape index (κ2) is 10.1. The van der Waals surface area contributed by atoms with E-state index >= 15 is 0 Å². The molecule has 10 nitrogen and oxygen atoms in total. The molecule has 0 saturated carbocycles. The Bertz CT molecular complexity index is 1490. The maximum Gasteiger partial charge on any atom is 0.255 e. The van der Waals surface area contributed by atoms with Gasteiger partial charge in [0.1, 0.15) is 24.8 Å². The molecule has 0 bridgehead atoms. The first-order valence-corrected chi connectivity index (χ1v) is 12.4.